The molecule has 5 heteroatoms. The minimum Gasteiger partial charge on any atom is -0.462 e. The molecule has 27 heavy (non-hydrogen) atoms. The molecule has 0 spiro atoms. The molecule has 1 N–H and O–H groups in total. The number of anilines is 1. The van der Waals surface area contributed by atoms with Gasteiger partial charge >= 0.3 is 12.0 Å². The minimum absolute atomic E-state index is 0.0463. The highest BCUT2D eigenvalue weighted by atomic mass is 16.5. The summed E-state index contributed by atoms with van der Waals surface area (Å²) in [6.45, 7) is 5.65. The summed E-state index contributed by atoms with van der Waals surface area (Å²) in [6.07, 6.45) is 1.83. The number of nitrogens with zero attached hydrogens (tertiary/aromatic N) is 1. The lowest BCUT2D eigenvalue weighted by molar-refractivity contribution is 0.0526. The molecule has 1 saturated heterocycles. The maximum atomic E-state index is 12.4. The molecule has 1 aliphatic heterocycles. The van der Waals surface area contributed by atoms with Gasteiger partial charge in [-0.05, 0) is 62.4 Å². The lowest BCUT2D eigenvalue weighted by Gasteiger charge is -2.32. The van der Waals surface area contributed by atoms with E-state index in [4.69, 9.17) is 4.74 Å². The number of carbonyl (C=O) groups excluding carboxylic acids is 2. The minimum atomic E-state index is -0.286. The molecule has 2 aromatic carbocycles. The number of likely N-dealkylation sites (tertiary alicyclic amines) is 1. The van der Waals surface area contributed by atoms with E-state index in [1.54, 1.807) is 6.92 Å². The zero-order valence-electron chi connectivity index (χ0n) is 15.9. The number of hydrogen-bond acceptors (Lipinski definition) is 3. The number of carbonyl (C=O) groups is 2. The highest BCUT2D eigenvalue weighted by Crippen LogP contribution is 2.28. The molecule has 1 aliphatic rings. The first-order valence-electron chi connectivity index (χ1n) is 9.46. The second-order valence-electron chi connectivity index (χ2n) is 6.90. The van der Waals surface area contributed by atoms with Gasteiger partial charge in [0.1, 0.15) is 0 Å². The Morgan fingerprint density at radius 3 is 2.26 bits per heavy atom. The summed E-state index contributed by atoms with van der Waals surface area (Å²) in [7, 11) is 0. The van der Waals surface area contributed by atoms with Crippen molar-refractivity contribution in [2.24, 2.45) is 0 Å². The third-order valence-electron chi connectivity index (χ3n) is 4.98. The van der Waals surface area contributed by atoms with Crippen molar-refractivity contribution in [3.8, 4) is 0 Å². The highest BCUT2D eigenvalue weighted by molar-refractivity contribution is 5.90. The van der Waals surface area contributed by atoms with E-state index in [1.807, 2.05) is 60.4 Å². The maximum Gasteiger partial charge on any atom is 0.338 e. The van der Waals surface area contributed by atoms with Crippen LogP contribution in [0, 0.1) is 6.92 Å². The molecule has 0 radical (unpaired) electrons. The van der Waals surface area contributed by atoms with Crippen molar-refractivity contribution in [3.05, 3.63) is 65.2 Å². The van der Waals surface area contributed by atoms with Gasteiger partial charge in [0, 0.05) is 18.8 Å². The van der Waals surface area contributed by atoms with Gasteiger partial charge in [-0.25, -0.2) is 9.59 Å². The average Bonchev–Trinajstić information content (AvgIpc) is 2.70. The third kappa shape index (κ3) is 4.88. The zero-order valence-corrected chi connectivity index (χ0v) is 15.9. The van der Waals surface area contributed by atoms with E-state index in [0.717, 1.165) is 31.6 Å². The lowest BCUT2D eigenvalue weighted by atomic mass is 9.89. The summed E-state index contributed by atoms with van der Waals surface area (Å²) in [4.78, 5) is 26.1. The Kier molecular flexibility index (Phi) is 6.12. The number of esters is 1. The van der Waals surface area contributed by atoms with Crippen LogP contribution in [0.4, 0.5) is 10.5 Å². The summed E-state index contributed by atoms with van der Waals surface area (Å²) in [5.41, 5.74) is 3.78. The summed E-state index contributed by atoms with van der Waals surface area (Å²) in [5, 5.41) is 2.96. The third-order valence-corrected chi connectivity index (χ3v) is 4.98. The number of nitrogens with one attached hydrogen (secondary N) is 1. The number of amides is 2. The van der Waals surface area contributed by atoms with Gasteiger partial charge in [0.05, 0.1) is 12.2 Å². The van der Waals surface area contributed by atoms with Crippen molar-refractivity contribution in [1.29, 1.82) is 0 Å². The number of rotatable bonds is 4. The van der Waals surface area contributed by atoms with Crippen molar-refractivity contribution in [3.63, 3.8) is 0 Å². The summed E-state index contributed by atoms with van der Waals surface area (Å²) in [5.74, 6) is 0.122. The van der Waals surface area contributed by atoms with E-state index < -0.39 is 0 Å². The summed E-state index contributed by atoms with van der Waals surface area (Å²) >= 11 is 0. The Balaban J connectivity index is 1.53. The molecule has 2 aromatic rings. The smallest absolute Gasteiger partial charge is 0.338 e. The van der Waals surface area contributed by atoms with E-state index in [2.05, 4.69) is 5.32 Å². The number of piperidine rings is 1. The summed E-state index contributed by atoms with van der Waals surface area (Å²) in [6, 6.07) is 15.4. The maximum absolute atomic E-state index is 12.4. The van der Waals surface area contributed by atoms with E-state index in [0.29, 0.717) is 18.1 Å². The normalized spacial score (nSPS) is 14.7. The molecule has 3 rings (SSSR count). The van der Waals surface area contributed by atoms with Crippen molar-refractivity contribution >= 4 is 17.7 Å². The van der Waals surface area contributed by atoms with E-state index >= 15 is 0 Å². The van der Waals surface area contributed by atoms with Gasteiger partial charge in [0.2, 0.25) is 0 Å². The fourth-order valence-corrected chi connectivity index (χ4v) is 3.36. The lowest BCUT2D eigenvalue weighted by Crippen LogP contribution is -2.40. The van der Waals surface area contributed by atoms with E-state index in [1.165, 1.54) is 11.1 Å². The number of urea groups is 1. The first-order valence-corrected chi connectivity index (χ1v) is 9.46. The van der Waals surface area contributed by atoms with Crippen LogP contribution in [-0.4, -0.2) is 36.6 Å². The predicted molar refractivity (Wildman–Crippen MR) is 106 cm³/mol. The molecule has 5 nitrogen and oxygen atoms in total. The Labute approximate surface area is 160 Å². The Morgan fingerprint density at radius 1 is 1.04 bits per heavy atom. The Morgan fingerprint density at radius 2 is 1.67 bits per heavy atom. The average molecular weight is 366 g/mol. The highest BCUT2D eigenvalue weighted by Gasteiger charge is 2.24. The van der Waals surface area contributed by atoms with Crippen LogP contribution in [0.1, 0.15) is 47.2 Å². The molecular weight excluding hydrogens is 340 g/mol. The first-order chi connectivity index (χ1) is 13.1. The number of ether oxygens (including phenoxy) is 1. The molecule has 0 aliphatic carbocycles. The van der Waals surface area contributed by atoms with Crippen molar-refractivity contribution in [1.82, 2.24) is 4.90 Å². The standard InChI is InChI=1S/C22H26N2O3/c1-3-27-21(25)19-8-6-17(7-9-19)18-12-14-24(15-13-18)22(26)23-20-10-4-16(2)5-11-20/h4-11,18H,3,12-15H2,1-2H3,(H,23,26). The second kappa shape index (κ2) is 8.71. The molecule has 0 bridgehead atoms. The second-order valence-corrected chi connectivity index (χ2v) is 6.90. The van der Waals surface area contributed by atoms with Crippen molar-refractivity contribution in [2.45, 2.75) is 32.6 Å². The quantitative estimate of drug-likeness (QED) is 0.806. The van der Waals surface area contributed by atoms with Gasteiger partial charge in [-0.15, -0.1) is 0 Å². The van der Waals surface area contributed by atoms with Gasteiger partial charge in [0.15, 0.2) is 0 Å². The molecular formula is C22H26N2O3. The van der Waals surface area contributed by atoms with Gasteiger partial charge in [-0.3, -0.25) is 0 Å². The van der Waals surface area contributed by atoms with E-state index in [9.17, 15) is 9.59 Å². The molecule has 2 amide bonds. The summed E-state index contributed by atoms with van der Waals surface area (Å²) < 4.78 is 5.02. The van der Waals surface area contributed by atoms with Crippen molar-refractivity contribution < 1.29 is 14.3 Å². The van der Waals surface area contributed by atoms with Gasteiger partial charge in [0.25, 0.3) is 0 Å². The SMILES string of the molecule is CCOC(=O)c1ccc(C2CCN(C(=O)Nc3ccc(C)cc3)CC2)cc1. The number of hydrogen-bond donors (Lipinski definition) is 1. The molecule has 0 unspecified atom stereocenters. The van der Waals surface area contributed by atoms with Crippen LogP contribution in [0.25, 0.3) is 0 Å². The molecule has 0 aromatic heterocycles. The molecule has 1 heterocycles. The molecule has 1 fully saturated rings. The van der Waals surface area contributed by atoms with Gasteiger partial charge in [-0.2, -0.15) is 0 Å². The number of benzene rings is 2. The Hall–Kier alpha value is -2.82. The van der Waals surface area contributed by atoms with Crippen LogP contribution in [0.5, 0.6) is 0 Å². The fraction of sp³-hybridized carbons (Fsp3) is 0.364. The van der Waals surface area contributed by atoms with Crippen LogP contribution < -0.4 is 5.32 Å². The van der Waals surface area contributed by atoms with Gasteiger partial charge in [-0.1, -0.05) is 29.8 Å². The monoisotopic (exact) mass is 366 g/mol. The topological polar surface area (TPSA) is 58.6 Å². The van der Waals surface area contributed by atoms with Crippen molar-refractivity contribution in [2.75, 3.05) is 25.0 Å². The van der Waals surface area contributed by atoms with Gasteiger partial charge < -0.3 is 15.0 Å². The first kappa shape index (κ1) is 19.0. The predicted octanol–water partition coefficient (Wildman–Crippen LogP) is 4.58. The largest absolute Gasteiger partial charge is 0.462 e. The van der Waals surface area contributed by atoms with Crippen LogP contribution in [0.15, 0.2) is 48.5 Å². The Bertz CT molecular complexity index is 776. The molecule has 0 saturated carbocycles. The fourth-order valence-electron chi connectivity index (χ4n) is 3.36. The number of aryl methyl sites for hydroxylation is 1. The van der Waals surface area contributed by atoms with Crippen LogP contribution >= 0.6 is 0 Å². The molecule has 142 valence electrons. The van der Waals surface area contributed by atoms with Crippen LogP contribution in [-0.2, 0) is 4.74 Å². The van der Waals surface area contributed by atoms with Crippen LogP contribution in [0.3, 0.4) is 0 Å². The molecule has 0 atom stereocenters. The van der Waals surface area contributed by atoms with Crippen LogP contribution in [0.2, 0.25) is 0 Å². The zero-order chi connectivity index (χ0) is 19.2. The van der Waals surface area contributed by atoms with E-state index in [-0.39, 0.29) is 12.0 Å².